The zero-order valence-electron chi connectivity index (χ0n) is 13.0. The summed E-state index contributed by atoms with van der Waals surface area (Å²) in [6, 6.07) is 6.23. The lowest BCUT2D eigenvalue weighted by Gasteiger charge is -2.29. The second-order valence-electron chi connectivity index (χ2n) is 5.02. The number of urea groups is 1. The van der Waals surface area contributed by atoms with E-state index in [1.54, 1.807) is 13.0 Å². The molecule has 7 heteroatoms. The van der Waals surface area contributed by atoms with Gasteiger partial charge in [0.25, 0.3) is 0 Å². The molecule has 0 spiro atoms. The van der Waals surface area contributed by atoms with Crippen molar-refractivity contribution in [2.45, 2.75) is 19.9 Å². The molecule has 1 N–H and O–H groups in total. The summed E-state index contributed by atoms with van der Waals surface area (Å²) in [6.07, 6.45) is 0. The van der Waals surface area contributed by atoms with Crippen LogP contribution in [-0.2, 0) is 9.53 Å². The highest BCUT2D eigenvalue weighted by atomic mass is 35.5. The molecular weight excluding hydrogens is 320 g/mol. The quantitative estimate of drug-likeness (QED) is 0.639. The molecule has 0 saturated heterocycles. The van der Waals surface area contributed by atoms with E-state index >= 15 is 0 Å². The highest BCUT2D eigenvalue weighted by Gasteiger charge is 2.38. The van der Waals surface area contributed by atoms with Crippen LogP contribution >= 0.6 is 11.6 Å². The monoisotopic (exact) mass is 338 g/mol. The zero-order chi connectivity index (χ0) is 16.8. The van der Waals surface area contributed by atoms with Crippen molar-refractivity contribution < 1.29 is 19.1 Å². The van der Waals surface area contributed by atoms with Crippen LogP contribution in [0.15, 0.2) is 29.3 Å². The minimum Gasteiger partial charge on any atom is -0.494 e. The molecule has 6 nitrogen and oxygen atoms in total. The first-order valence-corrected chi connectivity index (χ1v) is 7.91. The van der Waals surface area contributed by atoms with Crippen molar-refractivity contribution in [1.82, 2.24) is 5.32 Å². The average molecular weight is 339 g/mol. The maximum absolute atomic E-state index is 12.3. The summed E-state index contributed by atoms with van der Waals surface area (Å²) in [7, 11) is 0. The van der Waals surface area contributed by atoms with Gasteiger partial charge >= 0.3 is 12.0 Å². The molecule has 1 heterocycles. The Bertz CT molecular complexity index is 618. The molecule has 0 bridgehead atoms. The number of nitrogens with zero attached hydrogens (tertiary/aromatic N) is 1. The summed E-state index contributed by atoms with van der Waals surface area (Å²) >= 11 is 5.56. The Balaban J connectivity index is 2.32. The second kappa shape index (κ2) is 7.97. The molecule has 23 heavy (non-hydrogen) atoms. The number of aliphatic imine (C=N–C) groups is 1. The van der Waals surface area contributed by atoms with E-state index in [9.17, 15) is 9.59 Å². The van der Waals surface area contributed by atoms with Crippen LogP contribution in [0.1, 0.15) is 25.5 Å². The Morgan fingerprint density at radius 2 is 2.22 bits per heavy atom. The average Bonchev–Trinajstić information content (AvgIpc) is 2.52. The van der Waals surface area contributed by atoms with Crippen LogP contribution in [0.25, 0.3) is 0 Å². The Morgan fingerprint density at radius 3 is 2.91 bits per heavy atom. The molecular formula is C16H19ClN2O4. The van der Waals surface area contributed by atoms with E-state index < -0.39 is 24.0 Å². The van der Waals surface area contributed by atoms with Crippen LogP contribution in [-0.4, -0.2) is 36.8 Å². The molecule has 0 aromatic heterocycles. The number of hydrogen-bond donors (Lipinski definition) is 1. The third-order valence-corrected chi connectivity index (χ3v) is 3.60. The summed E-state index contributed by atoms with van der Waals surface area (Å²) in [5.41, 5.74) is 1.17. The fraction of sp³-hybridized carbons (Fsp3) is 0.438. The molecule has 0 aliphatic carbocycles. The van der Waals surface area contributed by atoms with E-state index in [0.717, 1.165) is 5.56 Å². The predicted octanol–water partition coefficient (Wildman–Crippen LogP) is 2.71. The van der Waals surface area contributed by atoms with Crippen molar-refractivity contribution in [3.8, 4) is 5.75 Å². The lowest BCUT2D eigenvalue weighted by Crippen LogP contribution is -2.44. The third kappa shape index (κ3) is 4.22. The number of halogens is 1. The van der Waals surface area contributed by atoms with Gasteiger partial charge in [0, 0.05) is 5.71 Å². The molecule has 124 valence electrons. The van der Waals surface area contributed by atoms with Gasteiger partial charge in [-0.25, -0.2) is 9.79 Å². The first-order valence-electron chi connectivity index (χ1n) is 7.37. The van der Waals surface area contributed by atoms with Gasteiger partial charge < -0.3 is 14.8 Å². The minimum atomic E-state index is -0.687. The summed E-state index contributed by atoms with van der Waals surface area (Å²) in [5.74, 6) is -0.260. The van der Waals surface area contributed by atoms with Crippen molar-refractivity contribution >= 4 is 29.3 Å². The lowest BCUT2D eigenvalue weighted by molar-refractivity contribution is -0.146. The van der Waals surface area contributed by atoms with Gasteiger partial charge in [-0.15, -0.1) is 11.6 Å². The topological polar surface area (TPSA) is 77.0 Å². The van der Waals surface area contributed by atoms with Gasteiger partial charge in [-0.1, -0.05) is 12.1 Å². The van der Waals surface area contributed by atoms with Crippen LogP contribution in [0.4, 0.5) is 4.79 Å². The Hall–Kier alpha value is -2.08. The number of carbonyl (C=O) groups is 2. The third-order valence-electron chi connectivity index (χ3n) is 3.44. The first kappa shape index (κ1) is 17.3. The summed E-state index contributed by atoms with van der Waals surface area (Å²) < 4.78 is 10.6. The molecule has 2 rings (SSSR count). The smallest absolute Gasteiger partial charge is 0.341 e. The molecule has 0 fully saturated rings. The number of carbonyl (C=O) groups excluding carboxylic acids is 2. The number of hydrogen-bond acceptors (Lipinski definition) is 4. The number of esters is 1. The van der Waals surface area contributed by atoms with Gasteiger partial charge in [-0.3, -0.25) is 4.79 Å². The molecule has 1 aliphatic rings. The van der Waals surface area contributed by atoms with Gasteiger partial charge in [-0.05, 0) is 31.5 Å². The molecule has 1 aromatic rings. The Labute approximate surface area is 139 Å². The Kier molecular flexibility index (Phi) is 5.98. The fourth-order valence-electron chi connectivity index (χ4n) is 2.50. The molecule has 2 atom stereocenters. The molecule has 2 unspecified atom stereocenters. The molecule has 1 aliphatic heterocycles. The van der Waals surface area contributed by atoms with Crippen LogP contribution in [0.3, 0.4) is 0 Å². The predicted molar refractivity (Wildman–Crippen MR) is 87.2 cm³/mol. The number of alkyl halides is 1. The largest absolute Gasteiger partial charge is 0.494 e. The van der Waals surface area contributed by atoms with Gasteiger partial charge in [0.2, 0.25) is 0 Å². The number of amides is 2. The lowest BCUT2D eigenvalue weighted by atomic mass is 9.88. The normalized spacial score (nSPS) is 20.5. The Morgan fingerprint density at radius 1 is 1.43 bits per heavy atom. The summed E-state index contributed by atoms with van der Waals surface area (Å²) in [5, 5.41) is 2.72. The zero-order valence-corrected chi connectivity index (χ0v) is 13.8. The van der Waals surface area contributed by atoms with E-state index in [0.29, 0.717) is 18.1 Å². The van der Waals surface area contributed by atoms with E-state index in [1.165, 1.54) is 0 Å². The van der Waals surface area contributed by atoms with Crippen LogP contribution in [0.5, 0.6) is 5.75 Å². The van der Waals surface area contributed by atoms with Crippen molar-refractivity contribution in [3.63, 3.8) is 0 Å². The maximum atomic E-state index is 12.3. The van der Waals surface area contributed by atoms with Crippen molar-refractivity contribution in [2.75, 3.05) is 19.1 Å². The number of nitrogens with one attached hydrogen (secondary N) is 1. The summed E-state index contributed by atoms with van der Waals surface area (Å²) in [6.45, 7) is 4.18. The highest BCUT2D eigenvalue weighted by Crippen LogP contribution is 2.30. The van der Waals surface area contributed by atoms with Crippen LogP contribution in [0.2, 0.25) is 0 Å². The van der Waals surface area contributed by atoms with E-state index in [1.807, 2.05) is 25.1 Å². The van der Waals surface area contributed by atoms with Gasteiger partial charge in [-0.2, -0.15) is 0 Å². The molecule has 0 saturated carbocycles. The van der Waals surface area contributed by atoms with Gasteiger partial charge in [0.1, 0.15) is 18.3 Å². The minimum absolute atomic E-state index is 0.115. The van der Waals surface area contributed by atoms with Crippen LogP contribution in [0, 0.1) is 5.92 Å². The first-order chi connectivity index (χ1) is 11.1. The maximum Gasteiger partial charge on any atom is 0.341 e. The molecule has 0 radical (unpaired) electrons. The summed E-state index contributed by atoms with van der Waals surface area (Å²) in [4.78, 5) is 27.9. The van der Waals surface area contributed by atoms with Crippen molar-refractivity contribution in [1.29, 1.82) is 0 Å². The standard InChI is InChI=1S/C16H19ClN2O4/c1-3-22-12-6-4-5-11(9-12)14-13(15(20)23-8-7-17)10(2)18-16(21)19-14/h4-6,9,13-14H,3,7-8H2,1-2H3,(H,19,21). The van der Waals surface area contributed by atoms with E-state index in [2.05, 4.69) is 10.3 Å². The molecule has 1 aromatic carbocycles. The van der Waals surface area contributed by atoms with Crippen LogP contribution < -0.4 is 10.1 Å². The van der Waals surface area contributed by atoms with Gasteiger partial charge in [0.15, 0.2) is 0 Å². The van der Waals surface area contributed by atoms with Crippen molar-refractivity contribution in [3.05, 3.63) is 29.8 Å². The number of benzene rings is 1. The fourth-order valence-corrected chi connectivity index (χ4v) is 2.57. The van der Waals surface area contributed by atoms with E-state index in [-0.39, 0.29) is 12.5 Å². The molecule has 2 amide bonds. The number of rotatable bonds is 6. The van der Waals surface area contributed by atoms with Crippen molar-refractivity contribution in [2.24, 2.45) is 10.9 Å². The highest BCUT2D eigenvalue weighted by molar-refractivity contribution is 6.18. The SMILES string of the molecule is CCOc1cccc(C2NC(=O)N=C(C)C2C(=O)OCCCl)c1. The number of ether oxygens (including phenoxy) is 2. The van der Waals surface area contributed by atoms with Gasteiger partial charge in [0.05, 0.1) is 18.5 Å². The second-order valence-corrected chi connectivity index (χ2v) is 5.40. The van der Waals surface area contributed by atoms with E-state index in [4.69, 9.17) is 21.1 Å².